The minimum Gasteiger partial charge on any atom is -0.487 e. The predicted octanol–water partition coefficient (Wildman–Crippen LogP) is 2.66. The van der Waals surface area contributed by atoms with Gasteiger partial charge in [-0.1, -0.05) is 6.07 Å². The van der Waals surface area contributed by atoms with E-state index >= 15 is 0 Å². The Balaban J connectivity index is 0.00000161. The van der Waals surface area contributed by atoms with Gasteiger partial charge in [-0.25, -0.2) is 0 Å². The standard InChI is InChI=1S/C16H22N2O2.ClH/c1-10-3-6-14-15(7-10)20-11(2)9-18(14)16(19)12-4-5-13(17)8-12;/h3,6-7,11-13H,4-5,8-9,17H2,1-2H3;1H. The number of halogens is 1. The van der Waals surface area contributed by atoms with Crippen LogP contribution in [0.1, 0.15) is 31.7 Å². The lowest BCUT2D eigenvalue weighted by Gasteiger charge is -2.35. The number of nitrogens with zero attached hydrogens (tertiary/aromatic N) is 1. The van der Waals surface area contributed by atoms with Crippen LogP contribution in [0, 0.1) is 12.8 Å². The summed E-state index contributed by atoms with van der Waals surface area (Å²) in [5, 5.41) is 0. The van der Waals surface area contributed by atoms with E-state index in [1.807, 2.05) is 36.9 Å². The van der Waals surface area contributed by atoms with Gasteiger partial charge in [0.15, 0.2) is 0 Å². The van der Waals surface area contributed by atoms with E-state index < -0.39 is 0 Å². The molecule has 1 aromatic carbocycles. The lowest BCUT2D eigenvalue weighted by molar-refractivity contribution is -0.122. The van der Waals surface area contributed by atoms with Crippen molar-refractivity contribution in [1.82, 2.24) is 0 Å². The number of rotatable bonds is 1. The Morgan fingerprint density at radius 1 is 1.38 bits per heavy atom. The fourth-order valence-corrected chi connectivity index (χ4v) is 3.22. The monoisotopic (exact) mass is 310 g/mol. The van der Waals surface area contributed by atoms with Gasteiger partial charge in [-0.15, -0.1) is 12.4 Å². The average Bonchev–Trinajstić information content (AvgIpc) is 2.83. The van der Waals surface area contributed by atoms with Gasteiger partial charge in [0, 0.05) is 12.0 Å². The molecule has 0 radical (unpaired) electrons. The third kappa shape index (κ3) is 3.16. The van der Waals surface area contributed by atoms with Crippen LogP contribution in [0.3, 0.4) is 0 Å². The number of hydrogen-bond acceptors (Lipinski definition) is 3. The zero-order valence-electron chi connectivity index (χ0n) is 12.5. The van der Waals surface area contributed by atoms with Gasteiger partial charge in [0.1, 0.15) is 11.9 Å². The van der Waals surface area contributed by atoms with Crippen LogP contribution in [0.25, 0.3) is 0 Å². The molecular weight excluding hydrogens is 288 g/mol. The Morgan fingerprint density at radius 2 is 2.14 bits per heavy atom. The van der Waals surface area contributed by atoms with Crippen molar-refractivity contribution in [3.63, 3.8) is 0 Å². The minimum absolute atomic E-state index is 0. The fraction of sp³-hybridized carbons (Fsp3) is 0.562. The van der Waals surface area contributed by atoms with Crippen LogP contribution in [0.4, 0.5) is 5.69 Å². The maximum Gasteiger partial charge on any atom is 0.230 e. The molecule has 2 N–H and O–H groups in total. The summed E-state index contributed by atoms with van der Waals surface area (Å²) >= 11 is 0. The summed E-state index contributed by atoms with van der Waals surface area (Å²) in [5.74, 6) is 1.10. The quantitative estimate of drug-likeness (QED) is 0.867. The summed E-state index contributed by atoms with van der Waals surface area (Å²) in [7, 11) is 0. The first-order valence-corrected chi connectivity index (χ1v) is 7.39. The van der Waals surface area contributed by atoms with Crippen LogP contribution >= 0.6 is 12.4 Å². The number of carbonyl (C=O) groups is 1. The van der Waals surface area contributed by atoms with Gasteiger partial charge < -0.3 is 15.4 Å². The van der Waals surface area contributed by atoms with Crippen LogP contribution in [-0.4, -0.2) is 24.6 Å². The lowest BCUT2D eigenvalue weighted by atomic mass is 10.0. The molecule has 3 unspecified atom stereocenters. The molecule has 5 heteroatoms. The molecule has 1 saturated carbocycles. The number of fused-ring (bicyclic) bond motifs is 1. The number of aryl methyl sites for hydroxylation is 1. The molecule has 0 bridgehead atoms. The summed E-state index contributed by atoms with van der Waals surface area (Å²) < 4.78 is 5.86. The van der Waals surface area contributed by atoms with Crippen LogP contribution in [-0.2, 0) is 4.79 Å². The Morgan fingerprint density at radius 3 is 2.81 bits per heavy atom. The van der Waals surface area contributed by atoms with E-state index in [1.165, 1.54) is 0 Å². The first-order chi connectivity index (χ1) is 9.54. The van der Waals surface area contributed by atoms with Crippen molar-refractivity contribution >= 4 is 24.0 Å². The van der Waals surface area contributed by atoms with E-state index in [0.29, 0.717) is 6.54 Å². The maximum absolute atomic E-state index is 12.8. The van der Waals surface area contributed by atoms with Gasteiger partial charge in [0.2, 0.25) is 5.91 Å². The van der Waals surface area contributed by atoms with Crippen LogP contribution in [0.5, 0.6) is 5.75 Å². The molecule has 1 aromatic rings. The molecule has 1 aliphatic carbocycles. The second-order valence-corrected chi connectivity index (χ2v) is 6.12. The van der Waals surface area contributed by atoms with Crippen molar-refractivity contribution in [3.05, 3.63) is 23.8 Å². The smallest absolute Gasteiger partial charge is 0.230 e. The lowest BCUT2D eigenvalue weighted by Crippen LogP contribution is -2.44. The van der Waals surface area contributed by atoms with Crippen LogP contribution in [0.15, 0.2) is 18.2 Å². The summed E-state index contributed by atoms with van der Waals surface area (Å²) in [5.41, 5.74) is 7.99. The SMILES string of the molecule is Cc1ccc2c(c1)OC(C)CN2C(=O)C1CCC(N)C1.Cl. The highest BCUT2D eigenvalue weighted by Crippen LogP contribution is 2.37. The van der Waals surface area contributed by atoms with Gasteiger partial charge in [0.25, 0.3) is 0 Å². The first-order valence-electron chi connectivity index (χ1n) is 7.39. The zero-order chi connectivity index (χ0) is 14.3. The van der Waals surface area contributed by atoms with E-state index in [0.717, 1.165) is 36.3 Å². The summed E-state index contributed by atoms with van der Waals surface area (Å²) in [6, 6.07) is 6.20. The van der Waals surface area contributed by atoms with Crippen molar-refractivity contribution in [2.75, 3.05) is 11.4 Å². The molecule has 21 heavy (non-hydrogen) atoms. The third-order valence-electron chi connectivity index (χ3n) is 4.26. The van der Waals surface area contributed by atoms with Gasteiger partial charge >= 0.3 is 0 Å². The normalized spacial score (nSPS) is 27.6. The van der Waals surface area contributed by atoms with Crippen molar-refractivity contribution in [3.8, 4) is 5.75 Å². The number of anilines is 1. The van der Waals surface area contributed by atoms with E-state index in [4.69, 9.17) is 10.5 Å². The highest BCUT2D eigenvalue weighted by molar-refractivity contribution is 5.97. The van der Waals surface area contributed by atoms with Crippen LogP contribution in [0.2, 0.25) is 0 Å². The third-order valence-corrected chi connectivity index (χ3v) is 4.26. The molecule has 3 atom stereocenters. The molecule has 1 aliphatic heterocycles. The molecule has 2 aliphatic rings. The molecule has 4 nitrogen and oxygen atoms in total. The first kappa shape index (κ1) is 16.1. The molecule has 116 valence electrons. The molecule has 0 aromatic heterocycles. The average molecular weight is 311 g/mol. The molecule has 1 amide bonds. The van der Waals surface area contributed by atoms with Gasteiger partial charge in [-0.2, -0.15) is 0 Å². The second-order valence-electron chi connectivity index (χ2n) is 6.12. The molecule has 1 heterocycles. The van der Waals surface area contributed by atoms with E-state index in [1.54, 1.807) is 0 Å². The highest BCUT2D eigenvalue weighted by atomic mass is 35.5. The summed E-state index contributed by atoms with van der Waals surface area (Å²) in [6.07, 6.45) is 2.71. The summed E-state index contributed by atoms with van der Waals surface area (Å²) in [4.78, 5) is 14.6. The molecular formula is C16H23ClN2O2. The molecule has 0 spiro atoms. The number of carbonyl (C=O) groups excluding carboxylic acids is 1. The van der Waals surface area contributed by atoms with Gasteiger partial charge in [0.05, 0.1) is 12.2 Å². The fourth-order valence-electron chi connectivity index (χ4n) is 3.22. The minimum atomic E-state index is 0. The Hall–Kier alpha value is -1.26. The topological polar surface area (TPSA) is 55.6 Å². The number of ether oxygens (including phenoxy) is 1. The van der Waals surface area contributed by atoms with Crippen molar-refractivity contribution in [2.24, 2.45) is 11.7 Å². The predicted molar refractivity (Wildman–Crippen MR) is 86.2 cm³/mol. The largest absolute Gasteiger partial charge is 0.487 e. The Kier molecular flexibility index (Phi) is 4.79. The highest BCUT2D eigenvalue weighted by Gasteiger charge is 2.35. The van der Waals surface area contributed by atoms with Crippen molar-refractivity contribution in [2.45, 2.75) is 45.3 Å². The molecule has 3 rings (SSSR count). The van der Waals surface area contributed by atoms with Crippen LogP contribution < -0.4 is 15.4 Å². The number of nitrogens with two attached hydrogens (primary N) is 1. The number of amides is 1. The van der Waals surface area contributed by atoms with Crippen molar-refractivity contribution < 1.29 is 9.53 Å². The second kappa shape index (κ2) is 6.24. The van der Waals surface area contributed by atoms with E-state index in [9.17, 15) is 4.79 Å². The molecule has 0 saturated heterocycles. The Bertz CT molecular complexity index is 535. The van der Waals surface area contributed by atoms with E-state index in [-0.39, 0.29) is 36.4 Å². The van der Waals surface area contributed by atoms with E-state index in [2.05, 4.69) is 0 Å². The Labute approximate surface area is 132 Å². The molecule has 1 fully saturated rings. The number of benzene rings is 1. The van der Waals surface area contributed by atoms with Gasteiger partial charge in [-0.3, -0.25) is 4.79 Å². The maximum atomic E-state index is 12.8. The number of hydrogen-bond donors (Lipinski definition) is 1. The van der Waals surface area contributed by atoms with Crippen molar-refractivity contribution in [1.29, 1.82) is 0 Å². The summed E-state index contributed by atoms with van der Waals surface area (Å²) in [6.45, 7) is 4.66. The zero-order valence-corrected chi connectivity index (χ0v) is 13.4. The van der Waals surface area contributed by atoms with Gasteiger partial charge in [-0.05, 0) is 50.8 Å².